The van der Waals surface area contributed by atoms with Crippen LogP contribution >= 0.6 is 0 Å². The highest BCUT2D eigenvalue weighted by atomic mass is 16.5. The van der Waals surface area contributed by atoms with Crippen LogP contribution in [0.4, 0.5) is 0 Å². The second-order valence-corrected chi connectivity index (χ2v) is 5.78. The second-order valence-electron chi connectivity index (χ2n) is 5.78. The Hall–Kier alpha value is -1.14. The van der Waals surface area contributed by atoms with Gasteiger partial charge in [-0.1, -0.05) is 0 Å². The Morgan fingerprint density at radius 3 is 2.85 bits per heavy atom. The van der Waals surface area contributed by atoms with Gasteiger partial charge in [-0.25, -0.2) is 4.79 Å². The molecule has 0 spiro atoms. The van der Waals surface area contributed by atoms with Crippen molar-refractivity contribution in [1.29, 1.82) is 0 Å². The van der Waals surface area contributed by atoms with Crippen LogP contribution in [0, 0.1) is 0 Å². The zero-order valence-corrected chi connectivity index (χ0v) is 12.1. The molecule has 0 aromatic heterocycles. The van der Waals surface area contributed by atoms with E-state index in [1.54, 1.807) is 13.8 Å². The average Bonchev–Trinajstić information content (AvgIpc) is 3.05. The molecule has 0 aromatic carbocycles. The summed E-state index contributed by atoms with van der Waals surface area (Å²) in [6.45, 7) is 4.91. The van der Waals surface area contributed by atoms with Crippen LogP contribution in [0.2, 0.25) is 0 Å². The van der Waals surface area contributed by atoms with E-state index in [2.05, 4.69) is 0 Å². The van der Waals surface area contributed by atoms with Crippen molar-refractivity contribution in [1.82, 2.24) is 4.90 Å². The van der Waals surface area contributed by atoms with Crippen molar-refractivity contribution in [2.45, 2.75) is 57.3 Å². The van der Waals surface area contributed by atoms with E-state index in [0.717, 1.165) is 19.4 Å². The molecule has 0 radical (unpaired) electrons. The molecule has 114 valence electrons. The number of nitrogens with zero attached hydrogens (tertiary/aromatic N) is 1. The highest BCUT2D eigenvalue weighted by molar-refractivity contribution is 5.89. The summed E-state index contributed by atoms with van der Waals surface area (Å²) in [6, 6.07) is 0. The molecule has 0 saturated carbocycles. The molecule has 0 aromatic rings. The van der Waals surface area contributed by atoms with Crippen molar-refractivity contribution in [3.05, 3.63) is 0 Å². The minimum absolute atomic E-state index is 0.0645. The predicted molar refractivity (Wildman–Crippen MR) is 71.4 cm³/mol. The summed E-state index contributed by atoms with van der Waals surface area (Å²) in [5.74, 6) is -1.19. The quantitative estimate of drug-likeness (QED) is 0.816. The minimum Gasteiger partial charge on any atom is -0.480 e. The van der Waals surface area contributed by atoms with Gasteiger partial charge in [0.15, 0.2) is 0 Å². The monoisotopic (exact) mass is 285 g/mol. The van der Waals surface area contributed by atoms with Gasteiger partial charge in [0, 0.05) is 13.2 Å². The second kappa shape index (κ2) is 6.10. The lowest BCUT2D eigenvalue weighted by Gasteiger charge is -2.33. The van der Waals surface area contributed by atoms with Crippen LogP contribution in [0.1, 0.15) is 39.5 Å². The predicted octanol–water partition coefficient (Wildman–Crippen LogP) is 1.04. The first kappa shape index (κ1) is 15.3. The lowest BCUT2D eigenvalue weighted by atomic mass is 9.99. The third-order valence-corrected chi connectivity index (χ3v) is 4.27. The summed E-state index contributed by atoms with van der Waals surface area (Å²) in [6.07, 6.45) is 2.63. The Labute approximate surface area is 119 Å². The molecule has 3 atom stereocenters. The molecule has 0 bridgehead atoms. The lowest BCUT2D eigenvalue weighted by molar-refractivity contribution is -0.161. The molecule has 2 aliphatic heterocycles. The highest BCUT2D eigenvalue weighted by Crippen LogP contribution is 2.30. The van der Waals surface area contributed by atoms with Crippen LogP contribution in [-0.4, -0.2) is 59.4 Å². The van der Waals surface area contributed by atoms with Gasteiger partial charge in [-0.05, 0) is 39.5 Å². The molecular weight excluding hydrogens is 262 g/mol. The maximum Gasteiger partial charge on any atom is 0.329 e. The van der Waals surface area contributed by atoms with Crippen molar-refractivity contribution in [3.63, 3.8) is 0 Å². The van der Waals surface area contributed by atoms with Crippen LogP contribution in [0.3, 0.4) is 0 Å². The first-order valence-corrected chi connectivity index (χ1v) is 7.23. The van der Waals surface area contributed by atoms with Crippen molar-refractivity contribution >= 4 is 11.9 Å². The standard InChI is InChI=1S/C14H23NO5/c1-10(20-9-11-5-3-8-19-11)12(16)15-7-4-6-14(15,2)13(17)18/h10-11H,3-9H2,1-2H3,(H,17,18)/t10-,11+,14-/m0/s1. The summed E-state index contributed by atoms with van der Waals surface area (Å²) in [4.78, 5) is 25.2. The Morgan fingerprint density at radius 1 is 1.50 bits per heavy atom. The number of hydrogen-bond donors (Lipinski definition) is 1. The molecule has 20 heavy (non-hydrogen) atoms. The zero-order valence-electron chi connectivity index (χ0n) is 12.1. The first-order chi connectivity index (χ1) is 9.45. The Morgan fingerprint density at radius 2 is 2.25 bits per heavy atom. The van der Waals surface area contributed by atoms with Gasteiger partial charge in [0.05, 0.1) is 12.7 Å². The van der Waals surface area contributed by atoms with Crippen molar-refractivity contribution < 1.29 is 24.2 Å². The number of carboxylic acids is 1. The number of hydrogen-bond acceptors (Lipinski definition) is 4. The van der Waals surface area contributed by atoms with E-state index >= 15 is 0 Å². The third kappa shape index (κ3) is 2.96. The topological polar surface area (TPSA) is 76.1 Å². The van der Waals surface area contributed by atoms with E-state index in [1.165, 1.54) is 4.90 Å². The van der Waals surface area contributed by atoms with Gasteiger partial charge in [0.25, 0.3) is 5.91 Å². The minimum atomic E-state index is -1.10. The van der Waals surface area contributed by atoms with Gasteiger partial charge in [-0.3, -0.25) is 4.79 Å². The number of aliphatic carboxylic acids is 1. The average molecular weight is 285 g/mol. The van der Waals surface area contributed by atoms with E-state index in [-0.39, 0.29) is 12.0 Å². The van der Waals surface area contributed by atoms with Gasteiger partial charge in [0.2, 0.25) is 0 Å². The molecule has 1 N–H and O–H groups in total. The molecular formula is C14H23NO5. The Balaban J connectivity index is 1.90. The highest BCUT2D eigenvalue weighted by Gasteiger charge is 2.47. The van der Waals surface area contributed by atoms with Gasteiger partial charge in [0.1, 0.15) is 11.6 Å². The molecule has 0 unspecified atom stereocenters. The molecule has 2 heterocycles. The SMILES string of the molecule is C[C@H](OC[C@H]1CCCO1)C(=O)N1CCC[C@@]1(C)C(=O)O. The summed E-state index contributed by atoms with van der Waals surface area (Å²) in [5, 5.41) is 9.32. The Bertz CT molecular complexity index is 380. The summed E-state index contributed by atoms with van der Waals surface area (Å²) < 4.78 is 11.0. The third-order valence-electron chi connectivity index (χ3n) is 4.27. The number of ether oxygens (including phenoxy) is 2. The van der Waals surface area contributed by atoms with E-state index in [9.17, 15) is 14.7 Å². The number of amides is 1. The van der Waals surface area contributed by atoms with Crippen LogP contribution in [0.15, 0.2) is 0 Å². The zero-order chi connectivity index (χ0) is 14.8. The van der Waals surface area contributed by atoms with Gasteiger partial charge in [-0.2, -0.15) is 0 Å². The van der Waals surface area contributed by atoms with Crippen LogP contribution in [0.5, 0.6) is 0 Å². The first-order valence-electron chi connectivity index (χ1n) is 7.23. The van der Waals surface area contributed by atoms with Crippen LogP contribution < -0.4 is 0 Å². The van der Waals surface area contributed by atoms with Gasteiger partial charge >= 0.3 is 5.97 Å². The molecule has 6 heteroatoms. The normalized spacial score (nSPS) is 31.5. The molecule has 2 saturated heterocycles. The van der Waals surface area contributed by atoms with Crippen LogP contribution in [0.25, 0.3) is 0 Å². The summed E-state index contributed by atoms with van der Waals surface area (Å²) in [5.41, 5.74) is -1.10. The van der Waals surface area contributed by atoms with Crippen molar-refractivity contribution in [3.8, 4) is 0 Å². The smallest absolute Gasteiger partial charge is 0.329 e. The van der Waals surface area contributed by atoms with E-state index < -0.39 is 17.6 Å². The van der Waals surface area contributed by atoms with E-state index in [1.807, 2.05) is 0 Å². The van der Waals surface area contributed by atoms with Gasteiger partial charge in [-0.15, -0.1) is 0 Å². The molecule has 2 rings (SSSR count). The fourth-order valence-electron chi connectivity index (χ4n) is 2.86. The molecule has 0 aliphatic carbocycles. The summed E-state index contributed by atoms with van der Waals surface area (Å²) >= 11 is 0. The number of likely N-dealkylation sites (tertiary alicyclic amines) is 1. The number of carbonyl (C=O) groups excluding carboxylic acids is 1. The molecule has 6 nitrogen and oxygen atoms in total. The lowest BCUT2D eigenvalue weighted by Crippen LogP contribution is -2.53. The maximum atomic E-state index is 12.4. The molecule has 2 aliphatic rings. The van der Waals surface area contributed by atoms with E-state index in [4.69, 9.17) is 9.47 Å². The number of carbonyl (C=O) groups is 2. The number of carboxylic acid groups (broad SMARTS) is 1. The molecule has 1 amide bonds. The Kier molecular flexibility index (Phi) is 4.65. The van der Waals surface area contributed by atoms with Crippen molar-refractivity contribution in [2.24, 2.45) is 0 Å². The van der Waals surface area contributed by atoms with E-state index in [0.29, 0.717) is 26.0 Å². The van der Waals surface area contributed by atoms with Gasteiger partial charge < -0.3 is 19.5 Å². The summed E-state index contributed by atoms with van der Waals surface area (Å²) in [7, 11) is 0. The number of rotatable bonds is 5. The fraction of sp³-hybridized carbons (Fsp3) is 0.857. The maximum absolute atomic E-state index is 12.4. The largest absolute Gasteiger partial charge is 0.480 e. The molecule has 2 fully saturated rings. The fourth-order valence-corrected chi connectivity index (χ4v) is 2.86. The van der Waals surface area contributed by atoms with Crippen LogP contribution in [-0.2, 0) is 19.1 Å². The van der Waals surface area contributed by atoms with Crippen molar-refractivity contribution in [2.75, 3.05) is 19.8 Å².